The van der Waals surface area contributed by atoms with Gasteiger partial charge in [-0.15, -0.1) is 0 Å². The van der Waals surface area contributed by atoms with Crippen LogP contribution in [0.15, 0.2) is 30.4 Å². The van der Waals surface area contributed by atoms with Crippen molar-refractivity contribution in [2.75, 3.05) is 39.3 Å². The number of likely N-dealkylation sites (N-methyl/N-ethyl adjacent to an activating group) is 1. The first-order valence-electron chi connectivity index (χ1n) is 11.5. The van der Waals surface area contributed by atoms with Gasteiger partial charge in [0.15, 0.2) is 6.10 Å². The van der Waals surface area contributed by atoms with E-state index in [2.05, 4.69) is 23.1 Å². The Morgan fingerprint density at radius 3 is 2.64 bits per heavy atom. The average Bonchev–Trinajstić information content (AvgIpc) is 3.32. The molecular formula is C25H32N2O6. The zero-order valence-corrected chi connectivity index (χ0v) is 19.8. The van der Waals surface area contributed by atoms with Crippen LogP contribution in [0.1, 0.15) is 32.3 Å². The molecule has 6 atom stereocenters. The minimum Gasteiger partial charge on any atom is -0.497 e. The van der Waals surface area contributed by atoms with E-state index in [0.29, 0.717) is 12.2 Å². The van der Waals surface area contributed by atoms with Gasteiger partial charge in [-0.1, -0.05) is 25.1 Å². The Balaban J connectivity index is 1.86. The molecule has 8 nitrogen and oxygen atoms in total. The number of ether oxygens (including phenoxy) is 3. The van der Waals surface area contributed by atoms with E-state index in [1.54, 1.807) is 7.11 Å². The van der Waals surface area contributed by atoms with Gasteiger partial charge in [0.1, 0.15) is 5.75 Å². The fourth-order valence-corrected chi connectivity index (χ4v) is 7.68. The molecule has 178 valence electrons. The summed E-state index contributed by atoms with van der Waals surface area (Å²) in [6.07, 6.45) is 4.40. The average molecular weight is 457 g/mol. The zero-order chi connectivity index (χ0) is 23.8. The van der Waals surface area contributed by atoms with Crippen LogP contribution in [0, 0.1) is 5.41 Å². The minimum atomic E-state index is -2.08. The van der Waals surface area contributed by atoms with Gasteiger partial charge in [-0.25, -0.2) is 4.79 Å². The SMILES string of the molecule is CCC12C=CCN3CCC4(c5ccc(OC)cc5N(C)C4[C@@](O)(C(=O)OC)C1OC(C)=O)C32. The van der Waals surface area contributed by atoms with Crippen LogP contribution in [-0.2, 0) is 24.5 Å². The highest BCUT2D eigenvalue weighted by atomic mass is 16.6. The second kappa shape index (κ2) is 7.21. The van der Waals surface area contributed by atoms with E-state index in [4.69, 9.17) is 14.2 Å². The third kappa shape index (κ3) is 2.48. The molecule has 0 bridgehead atoms. The third-order valence-electron chi connectivity index (χ3n) is 8.62. The van der Waals surface area contributed by atoms with Gasteiger partial charge in [-0.3, -0.25) is 9.69 Å². The second-order valence-corrected chi connectivity index (χ2v) is 9.76. The molecule has 1 spiro atoms. The largest absolute Gasteiger partial charge is 0.497 e. The van der Waals surface area contributed by atoms with E-state index < -0.39 is 40.5 Å². The van der Waals surface area contributed by atoms with Gasteiger partial charge >= 0.3 is 11.9 Å². The molecule has 33 heavy (non-hydrogen) atoms. The molecule has 1 aromatic rings. The first-order valence-corrected chi connectivity index (χ1v) is 11.5. The van der Waals surface area contributed by atoms with Crippen molar-refractivity contribution < 1.29 is 28.9 Å². The molecule has 4 aliphatic rings. The number of carbonyl (C=O) groups is 2. The van der Waals surface area contributed by atoms with Crippen LogP contribution in [0.5, 0.6) is 5.75 Å². The molecule has 8 heteroatoms. The Morgan fingerprint density at radius 2 is 2.00 bits per heavy atom. The summed E-state index contributed by atoms with van der Waals surface area (Å²) in [4.78, 5) is 30.2. The summed E-state index contributed by atoms with van der Waals surface area (Å²) in [5.41, 5.74) is -1.41. The maximum atomic E-state index is 13.5. The van der Waals surface area contributed by atoms with Gasteiger partial charge in [-0.2, -0.15) is 0 Å². The number of hydrogen-bond acceptors (Lipinski definition) is 8. The number of esters is 2. The summed E-state index contributed by atoms with van der Waals surface area (Å²) >= 11 is 0. The van der Waals surface area contributed by atoms with Crippen LogP contribution in [0.2, 0.25) is 0 Å². The molecule has 0 aromatic heterocycles. The van der Waals surface area contributed by atoms with Crippen molar-refractivity contribution in [2.45, 2.75) is 55.9 Å². The first-order chi connectivity index (χ1) is 15.7. The molecular weight excluding hydrogens is 424 g/mol. The number of nitrogens with zero attached hydrogens (tertiary/aromatic N) is 2. The molecule has 0 radical (unpaired) electrons. The number of methoxy groups -OCH3 is 2. The fourth-order valence-electron chi connectivity index (χ4n) is 7.68. The highest BCUT2D eigenvalue weighted by molar-refractivity contribution is 5.87. The molecule has 5 rings (SSSR count). The molecule has 1 saturated carbocycles. The topological polar surface area (TPSA) is 88.5 Å². The van der Waals surface area contributed by atoms with E-state index in [9.17, 15) is 14.7 Å². The van der Waals surface area contributed by atoms with Gasteiger partial charge in [-0.05, 0) is 31.0 Å². The normalized spacial score (nSPS) is 38.4. The van der Waals surface area contributed by atoms with Crippen molar-refractivity contribution >= 4 is 17.6 Å². The summed E-state index contributed by atoms with van der Waals surface area (Å²) in [6, 6.07) is 5.22. The number of carbonyl (C=O) groups excluding carboxylic acids is 2. The summed E-state index contributed by atoms with van der Waals surface area (Å²) < 4.78 is 16.6. The molecule has 1 aliphatic carbocycles. The van der Waals surface area contributed by atoms with Crippen molar-refractivity contribution in [2.24, 2.45) is 5.41 Å². The van der Waals surface area contributed by atoms with Crippen LogP contribution in [0.3, 0.4) is 0 Å². The van der Waals surface area contributed by atoms with Crippen molar-refractivity contribution in [1.82, 2.24) is 4.90 Å². The lowest BCUT2D eigenvalue weighted by atomic mass is 9.47. The predicted molar refractivity (Wildman–Crippen MR) is 121 cm³/mol. The van der Waals surface area contributed by atoms with E-state index in [1.165, 1.54) is 14.0 Å². The van der Waals surface area contributed by atoms with Crippen molar-refractivity contribution in [3.05, 3.63) is 35.9 Å². The number of hydrogen-bond donors (Lipinski definition) is 1. The second-order valence-electron chi connectivity index (χ2n) is 9.76. The van der Waals surface area contributed by atoms with E-state index in [1.807, 2.05) is 31.0 Å². The maximum Gasteiger partial charge on any atom is 0.344 e. The Bertz CT molecular complexity index is 1040. The van der Waals surface area contributed by atoms with E-state index >= 15 is 0 Å². The highest BCUT2D eigenvalue weighted by Gasteiger charge is 2.80. The number of benzene rings is 1. The van der Waals surface area contributed by atoms with Crippen molar-refractivity contribution in [1.29, 1.82) is 0 Å². The van der Waals surface area contributed by atoms with Gasteiger partial charge in [0.2, 0.25) is 5.60 Å². The van der Waals surface area contributed by atoms with Crippen molar-refractivity contribution in [3.8, 4) is 5.75 Å². The lowest BCUT2D eigenvalue weighted by molar-refractivity contribution is -0.228. The maximum absolute atomic E-state index is 13.5. The van der Waals surface area contributed by atoms with Crippen LogP contribution in [0.4, 0.5) is 5.69 Å². The quantitative estimate of drug-likeness (QED) is 0.541. The summed E-state index contributed by atoms with van der Waals surface area (Å²) in [5.74, 6) is -0.617. The van der Waals surface area contributed by atoms with Crippen LogP contribution >= 0.6 is 0 Å². The lowest BCUT2D eigenvalue weighted by Crippen LogP contribution is -2.81. The molecule has 1 aromatic carbocycles. The summed E-state index contributed by atoms with van der Waals surface area (Å²) in [7, 11) is 4.77. The molecule has 3 heterocycles. The number of anilines is 1. The third-order valence-corrected chi connectivity index (χ3v) is 8.62. The van der Waals surface area contributed by atoms with Crippen LogP contribution in [-0.4, -0.2) is 80.1 Å². The van der Waals surface area contributed by atoms with Gasteiger partial charge in [0, 0.05) is 49.1 Å². The first kappa shape index (κ1) is 22.2. The Labute approximate surface area is 194 Å². The Kier molecular flexibility index (Phi) is 4.85. The smallest absolute Gasteiger partial charge is 0.344 e. The Hall–Kier alpha value is -2.58. The van der Waals surface area contributed by atoms with Crippen molar-refractivity contribution in [3.63, 3.8) is 0 Å². The van der Waals surface area contributed by atoms with Gasteiger partial charge < -0.3 is 24.2 Å². The number of fused-ring (bicyclic) bond motifs is 1. The van der Waals surface area contributed by atoms with Crippen LogP contribution < -0.4 is 9.64 Å². The molecule has 3 aliphatic heterocycles. The van der Waals surface area contributed by atoms with Gasteiger partial charge in [0.05, 0.1) is 20.3 Å². The van der Waals surface area contributed by atoms with Crippen LogP contribution in [0.25, 0.3) is 0 Å². The lowest BCUT2D eigenvalue weighted by Gasteiger charge is -2.63. The van der Waals surface area contributed by atoms with E-state index in [-0.39, 0.29) is 6.04 Å². The number of aliphatic hydroxyl groups is 1. The highest BCUT2D eigenvalue weighted by Crippen LogP contribution is 2.67. The minimum absolute atomic E-state index is 0.0589. The number of rotatable bonds is 4. The molecule has 0 amide bonds. The van der Waals surface area contributed by atoms with Gasteiger partial charge in [0.25, 0.3) is 0 Å². The molecule has 1 saturated heterocycles. The standard InChI is InChI=1S/C25H32N2O6/c1-6-23-10-7-12-27-13-11-24(19(23)27)17-9-8-16(31-4)14-18(17)26(3)20(24)25(30,22(29)32-5)21(23)33-15(2)28/h7-10,14,19-21,30H,6,11-13H2,1-5H3/t19?,20?,21?,23?,24?,25-/m0/s1. The summed E-state index contributed by atoms with van der Waals surface area (Å²) in [5, 5.41) is 12.5. The molecule has 1 N–H and O–H groups in total. The van der Waals surface area contributed by atoms with E-state index in [0.717, 1.165) is 30.8 Å². The Morgan fingerprint density at radius 1 is 1.24 bits per heavy atom. The predicted octanol–water partition coefficient (Wildman–Crippen LogP) is 1.64. The molecule has 5 unspecified atom stereocenters. The monoisotopic (exact) mass is 456 g/mol. The zero-order valence-electron chi connectivity index (χ0n) is 19.8. The fraction of sp³-hybridized carbons (Fsp3) is 0.600. The summed E-state index contributed by atoms with van der Waals surface area (Å²) in [6.45, 7) is 4.94. The molecule has 2 fully saturated rings.